The van der Waals surface area contributed by atoms with Crippen molar-refractivity contribution in [3.63, 3.8) is 0 Å². The fourth-order valence-electron chi connectivity index (χ4n) is 4.33. The Labute approximate surface area is 201 Å². The van der Waals surface area contributed by atoms with Crippen LogP contribution in [-0.2, 0) is 6.54 Å². The van der Waals surface area contributed by atoms with Gasteiger partial charge in [0, 0.05) is 11.9 Å². The van der Waals surface area contributed by atoms with E-state index in [1.807, 2.05) is 0 Å². The largest absolute Gasteiger partial charge is 0.493 e. The molecule has 2 aromatic carbocycles. The van der Waals surface area contributed by atoms with Gasteiger partial charge in [0.25, 0.3) is 5.91 Å². The maximum absolute atomic E-state index is 14.1. The Morgan fingerprint density at radius 2 is 1.83 bits per heavy atom. The molecule has 1 amide bonds. The van der Waals surface area contributed by atoms with Gasteiger partial charge in [-0.15, -0.1) is 0 Å². The summed E-state index contributed by atoms with van der Waals surface area (Å²) in [6.45, 7) is 2.91. The molecule has 0 saturated carbocycles. The first-order chi connectivity index (χ1) is 16.8. The summed E-state index contributed by atoms with van der Waals surface area (Å²) in [5, 5.41) is 0.0445. The van der Waals surface area contributed by atoms with Crippen LogP contribution in [0.5, 0.6) is 5.75 Å². The predicted octanol–water partition coefficient (Wildman–Crippen LogP) is 4.51. The third kappa shape index (κ3) is 6.19. The molecule has 186 valence electrons. The predicted molar refractivity (Wildman–Crippen MR) is 127 cm³/mol. The van der Waals surface area contributed by atoms with Gasteiger partial charge in [0.2, 0.25) is 0 Å². The number of nitrogens with zero attached hydrogens (tertiary/aromatic N) is 4. The molecule has 2 N–H and O–H groups in total. The molecular weight excluding hydrogens is 459 g/mol. The van der Waals surface area contributed by atoms with Crippen molar-refractivity contribution in [2.45, 2.75) is 38.5 Å². The molecule has 2 heterocycles. The van der Waals surface area contributed by atoms with E-state index in [4.69, 9.17) is 10.5 Å². The molecule has 1 aliphatic heterocycles. The lowest BCUT2D eigenvalue weighted by Gasteiger charge is -2.27. The number of anilines is 1. The number of rotatable bonds is 9. The van der Waals surface area contributed by atoms with Crippen LogP contribution in [0.25, 0.3) is 10.9 Å². The molecule has 0 atom stereocenters. The van der Waals surface area contributed by atoms with Crippen LogP contribution in [0.2, 0.25) is 0 Å². The maximum atomic E-state index is 14.1. The number of piperidine rings is 1. The fourth-order valence-corrected chi connectivity index (χ4v) is 4.33. The van der Waals surface area contributed by atoms with Gasteiger partial charge >= 0.3 is 6.30 Å². The van der Waals surface area contributed by atoms with Crippen LogP contribution in [-0.4, -0.2) is 53.3 Å². The van der Waals surface area contributed by atoms with E-state index in [1.165, 1.54) is 31.4 Å². The van der Waals surface area contributed by atoms with Crippen LogP contribution in [0, 0.1) is 0 Å². The van der Waals surface area contributed by atoms with E-state index in [1.54, 1.807) is 30.3 Å². The minimum Gasteiger partial charge on any atom is -0.493 e. The third-order valence-electron chi connectivity index (χ3n) is 6.04. The Morgan fingerprint density at radius 3 is 2.51 bits per heavy atom. The van der Waals surface area contributed by atoms with Gasteiger partial charge in [0.1, 0.15) is 17.9 Å². The number of benzene rings is 2. The summed E-state index contributed by atoms with van der Waals surface area (Å²) in [6.07, 6.45) is 0.667. The van der Waals surface area contributed by atoms with Crippen LogP contribution in [0.3, 0.4) is 0 Å². The number of nitrogens with two attached hydrogens (primary N) is 1. The van der Waals surface area contributed by atoms with E-state index >= 15 is 0 Å². The highest BCUT2D eigenvalue weighted by Crippen LogP contribution is 2.36. The van der Waals surface area contributed by atoms with Crippen molar-refractivity contribution in [1.29, 1.82) is 0 Å². The SMILES string of the molecule is NC(=O)c1cc(OCCCN2CCCCC2)cc2c(N(Cc3ccccc3)C(F)(F)F)ncnc12. The van der Waals surface area contributed by atoms with Crippen LogP contribution < -0.4 is 15.4 Å². The number of fused-ring (bicyclic) bond motifs is 1. The lowest BCUT2D eigenvalue weighted by Crippen LogP contribution is -2.38. The molecule has 10 heteroatoms. The Bertz CT molecular complexity index is 1150. The number of aromatic nitrogens is 2. The molecule has 0 spiro atoms. The molecular formula is C25H28F3N5O2. The first-order valence-electron chi connectivity index (χ1n) is 11.6. The molecule has 1 aliphatic rings. The molecule has 4 rings (SSSR count). The van der Waals surface area contributed by atoms with Gasteiger partial charge in [0.05, 0.1) is 24.2 Å². The average Bonchev–Trinajstić information content (AvgIpc) is 2.85. The highest BCUT2D eigenvalue weighted by molar-refractivity contribution is 6.07. The summed E-state index contributed by atoms with van der Waals surface area (Å²) in [4.78, 5) is 22.8. The van der Waals surface area contributed by atoms with E-state index in [2.05, 4.69) is 14.9 Å². The number of amides is 1. The zero-order chi connectivity index (χ0) is 24.8. The number of likely N-dealkylation sites (tertiary alicyclic amines) is 1. The first kappa shape index (κ1) is 24.7. The van der Waals surface area contributed by atoms with Gasteiger partial charge in [-0.3, -0.25) is 9.69 Å². The van der Waals surface area contributed by atoms with E-state index in [0.29, 0.717) is 12.2 Å². The molecule has 1 aromatic heterocycles. The lowest BCUT2D eigenvalue weighted by molar-refractivity contribution is -0.131. The second-order valence-electron chi connectivity index (χ2n) is 8.57. The smallest absolute Gasteiger partial charge is 0.486 e. The summed E-state index contributed by atoms with van der Waals surface area (Å²) in [5.74, 6) is -0.921. The molecule has 0 radical (unpaired) electrons. The molecule has 1 saturated heterocycles. The molecule has 7 nitrogen and oxygen atoms in total. The first-order valence-corrected chi connectivity index (χ1v) is 11.6. The van der Waals surface area contributed by atoms with E-state index in [0.717, 1.165) is 32.4 Å². The number of primary amides is 1. The molecule has 0 unspecified atom stereocenters. The van der Waals surface area contributed by atoms with Crippen molar-refractivity contribution < 1.29 is 22.7 Å². The minimum atomic E-state index is -4.73. The van der Waals surface area contributed by atoms with E-state index < -0.39 is 18.8 Å². The van der Waals surface area contributed by atoms with Crippen LogP contribution >= 0.6 is 0 Å². The summed E-state index contributed by atoms with van der Waals surface area (Å²) >= 11 is 0. The zero-order valence-electron chi connectivity index (χ0n) is 19.3. The van der Waals surface area contributed by atoms with Crippen molar-refractivity contribution >= 4 is 22.6 Å². The Balaban J connectivity index is 1.64. The van der Waals surface area contributed by atoms with Gasteiger partial charge in [-0.05, 0) is 50.0 Å². The fraction of sp³-hybridized carbons (Fsp3) is 0.400. The van der Waals surface area contributed by atoms with Gasteiger partial charge in [-0.2, -0.15) is 13.2 Å². The quantitative estimate of drug-likeness (QED) is 0.353. The van der Waals surface area contributed by atoms with Crippen LogP contribution in [0.15, 0.2) is 48.8 Å². The summed E-state index contributed by atoms with van der Waals surface area (Å²) in [6, 6.07) is 11.2. The minimum absolute atomic E-state index is 0.0148. The second kappa shape index (κ2) is 10.9. The maximum Gasteiger partial charge on any atom is 0.486 e. The second-order valence-corrected chi connectivity index (χ2v) is 8.57. The summed E-state index contributed by atoms with van der Waals surface area (Å²) in [5.41, 5.74) is 6.03. The number of carbonyl (C=O) groups is 1. The number of alkyl halides is 3. The molecule has 1 fully saturated rings. The standard InChI is InChI=1S/C25H28F3N5O2/c26-25(27,28)33(16-18-8-3-1-4-9-18)24-21-15-19(14-20(23(29)34)22(21)30-17-31-24)35-13-7-12-32-10-5-2-6-11-32/h1,3-4,8-9,14-15,17H,2,5-7,10-13,16H2,(H2,29,34). The van der Waals surface area contributed by atoms with Crippen molar-refractivity contribution in [1.82, 2.24) is 14.9 Å². The van der Waals surface area contributed by atoms with Crippen molar-refractivity contribution in [3.8, 4) is 5.75 Å². The normalized spacial score (nSPS) is 14.7. The van der Waals surface area contributed by atoms with Crippen molar-refractivity contribution in [2.24, 2.45) is 5.73 Å². The topological polar surface area (TPSA) is 84.6 Å². The van der Waals surface area contributed by atoms with Crippen LogP contribution in [0.1, 0.15) is 41.6 Å². The van der Waals surface area contributed by atoms with Gasteiger partial charge in [-0.1, -0.05) is 36.8 Å². The van der Waals surface area contributed by atoms with Gasteiger partial charge in [-0.25, -0.2) is 9.97 Å². The zero-order valence-corrected chi connectivity index (χ0v) is 19.3. The number of hydrogen-bond donors (Lipinski definition) is 1. The van der Waals surface area contributed by atoms with Crippen molar-refractivity contribution in [3.05, 3.63) is 59.9 Å². The third-order valence-corrected chi connectivity index (χ3v) is 6.04. The van der Waals surface area contributed by atoms with Crippen molar-refractivity contribution in [2.75, 3.05) is 31.1 Å². The van der Waals surface area contributed by atoms with E-state index in [-0.39, 0.29) is 32.9 Å². The van der Waals surface area contributed by atoms with Crippen LogP contribution in [0.4, 0.5) is 19.0 Å². The average molecular weight is 488 g/mol. The Morgan fingerprint density at radius 1 is 1.09 bits per heavy atom. The Kier molecular flexibility index (Phi) is 7.70. The molecule has 0 bridgehead atoms. The van der Waals surface area contributed by atoms with Gasteiger partial charge in [0.15, 0.2) is 0 Å². The Hall–Kier alpha value is -3.40. The number of ether oxygens (including phenoxy) is 1. The summed E-state index contributed by atoms with van der Waals surface area (Å²) in [7, 11) is 0. The van der Waals surface area contributed by atoms with Gasteiger partial charge < -0.3 is 15.4 Å². The van der Waals surface area contributed by atoms with E-state index in [9.17, 15) is 18.0 Å². The molecule has 0 aliphatic carbocycles. The molecule has 35 heavy (non-hydrogen) atoms. The molecule has 3 aromatic rings. The highest BCUT2D eigenvalue weighted by atomic mass is 19.4. The monoisotopic (exact) mass is 487 g/mol. The number of halogens is 3. The number of carbonyl (C=O) groups excluding carboxylic acids is 1. The number of hydrogen-bond acceptors (Lipinski definition) is 6. The lowest BCUT2D eigenvalue weighted by atomic mass is 10.1. The summed E-state index contributed by atoms with van der Waals surface area (Å²) < 4.78 is 48.3. The highest BCUT2D eigenvalue weighted by Gasteiger charge is 2.39.